The third kappa shape index (κ3) is 6.12. The van der Waals surface area contributed by atoms with Crippen LogP contribution in [0.15, 0.2) is 64.2 Å². The predicted molar refractivity (Wildman–Crippen MR) is 140 cm³/mol. The lowest BCUT2D eigenvalue weighted by atomic mass is 10.2. The molecule has 3 heterocycles. The number of hydrogen-bond acceptors (Lipinski definition) is 6. The van der Waals surface area contributed by atoms with Gasteiger partial charge in [0.25, 0.3) is 5.56 Å². The number of aromatic amines is 1. The molecule has 0 aliphatic carbocycles. The van der Waals surface area contributed by atoms with E-state index in [1.807, 2.05) is 6.07 Å². The summed E-state index contributed by atoms with van der Waals surface area (Å²) in [5.41, 5.74) is 0.590. The molecule has 0 saturated carbocycles. The largest absolute Gasteiger partial charge is 0.478 e. The summed E-state index contributed by atoms with van der Waals surface area (Å²) in [6, 6.07) is 12.6. The maximum Gasteiger partial charge on any atom is 0.328 e. The summed E-state index contributed by atoms with van der Waals surface area (Å²) in [5.74, 6) is -2.72. The Morgan fingerprint density at radius 1 is 1.03 bits per heavy atom. The average Bonchev–Trinajstić information content (AvgIpc) is 3.47. The molecule has 2 unspecified atom stereocenters. The topological polar surface area (TPSA) is 136 Å². The van der Waals surface area contributed by atoms with Crippen molar-refractivity contribution in [2.45, 2.75) is 31.5 Å². The predicted octanol–water partition coefficient (Wildman–Crippen LogP) is 2.55. The molecule has 2 atom stereocenters. The number of aliphatic carboxylic acids is 2. The highest BCUT2D eigenvalue weighted by atomic mass is 35.5. The van der Waals surface area contributed by atoms with Gasteiger partial charge in [-0.1, -0.05) is 23.7 Å². The van der Waals surface area contributed by atoms with Crippen molar-refractivity contribution in [1.29, 1.82) is 0 Å². The van der Waals surface area contributed by atoms with Gasteiger partial charge in [-0.05, 0) is 43.2 Å². The second-order valence-corrected chi connectivity index (χ2v) is 9.49. The Morgan fingerprint density at radius 2 is 1.74 bits per heavy atom. The van der Waals surface area contributed by atoms with Gasteiger partial charge in [0.2, 0.25) is 0 Å². The minimum absolute atomic E-state index is 0.209. The van der Waals surface area contributed by atoms with E-state index in [0.29, 0.717) is 53.1 Å². The number of fused-ring (bicyclic) bond motifs is 3. The first kappa shape index (κ1) is 27.1. The van der Waals surface area contributed by atoms with Gasteiger partial charge in [-0.3, -0.25) is 14.3 Å². The molecule has 2 fully saturated rings. The number of nitrogens with zero attached hydrogens (tertiary/aromatic N) is 3. The molecule has 0 spiro atoms. The van der Waals surface area contributed by atoms with E-state index in [1.54, 1.807) is 30.3 Å². The number of carboxylic acid groups (broad SMARTS) is 2. The first-order chi connectivity index (χ1) is 18.1. The molecular formula is C26H26ClFN4O6. The number of rotatable bonds is 7. The van der Waals surface area contributed by atoms with Crippen LogP contribution < -0.4 is 16.1 Å². The number of nitrogens with one attached hydrogen (secondary N) is 1. The lowest BCUT2D eigenvalue weighted by molar-refractivity contribution is -0.134. The summed E-state index contributed by atoms with van der Waals surface area (Å²) in [4.78, 5) is 51.6. The standard InChI is InChI=1S/C22H22ClFN4O2.C4H4O4/c23-19-7-2-6-18-20(19)25-22(30)27(21(18)29)9-3-8-26-12-17-11-16(26)13-28(17)15-5-1-4-14(24)10-15;5-3(6)1-2-4(7)8/h1-2,4-7,10,16-17H,3,8-9,11-13H2,(H,25,30);1-2H,(H,5,6)(H,7,8)/b;2-1-. The van der Waals surface area contributed by atoms with Gasteiger partial charge < -0.3 is 20.1 Å². The number of aromatic nitrogens is 2. The van der Waals surface area contributed by atoms with Crippen LogP contribution in [0.3, 0.4) is 0 Å². The maximum atomic E-state index is 13.6. The Balaban J connectivity index is 0.000000368. The molecule has 200 valence electrons. The Morgan fingerprint density at radius 3 is 2.37 bits per heavy atom. The summed E-state index contributed by atoms with van der Waals surface area (Å²) in [7, 11) is 0. The molecule has 2 bridgehead atoms. The zero-order valence-corrected chi connectivity index (χ0v) is 21.0. The fraction of sp³-hybridized carbons (Fsp3) is 0.308. The van der Waals surface area contributed by atoms with E-state index in [1.165, 1.54) is 10.6 Å². The van der Waals surface area contributed by atoms with E-state index < -0.39 is 17.6 Å². The highest BCUT2D eigenvalue weighted by Gasteiger charge is 2.42. The first-order valence-corrected chi connectivity index (χ1v) is 12.3. The van der Waals surface area contributed by atoms with Gasteiger partial charge in [-0.15, -0.1) is 0 Å². The molecule has 2 aromatic carbocycles. The molecule has 10 nitrogen and oxygen atoms in total. The summed E-state index contributed by atoms with van der Waals surface area (Å²) in [5, 5.41) is 16.4. The van der Waals surface area contributed by atoms with Crippen molar-refractivity contribution in [3.05, 3.63) is 86.3 Å². The number of hydrogen-bond donors (Lipinski definition) is 3. The summed E-state index contributed by atoms with van der Waals surface area (Å²) in [6.45, 7) is 2.97. The highest BCUT2D eigenvalue weighted by molar-refractivity contribution is 6.34. The van der Waals surface area contributed by atoms with Gasteiger partial charge in [0.15, 0.2) is 0 Å². The van der Waals surface area contributed by atoms with Crippen molar-refractivity contribution >= 4 is 40.1 Å². The van der Waals surface area contributed by atoms with Gasteiger partial charge in [0.05, 0.1) is 15.9 Å². The Hall–Kier alpha value is -3.96. The van der Waals surface area contributed by atoms with Crippen LogP contribution in [0.25, 0.3) is 10.9 Å². The Kier molecular flexibility index (Phi) is 8.28. The van der Waals surface area contributed by atoms with Crippen LogP contribution >= 0.6 is 11.6 Å². The SMILES string of the molecule is O=C(O)/C=C\C(=O)O.O=c1[nH]c2c(Cl)cccc2c(=O)n1CCCN1CC2CC1CN2c1cccc(F)c1. The van der Waals surface area contributed by atoms with E-state index in [9.17, 15) is 23.6 Å². The number of carboxylic acids is 2. The van der Waals surface area contributed by atoms with Crippen molar-refractivity contribution in [1.82, 2.24) is 14.5 Å². The fourth-order valence-corrected chi connectivity index (χ4v) is 5.24. The van der Waals surface area contributed by atoms with Crippen molar-refractivity contribution < 1.29 is 24.2 Å². The molecule has 3 N–H and O–H groups in total. The number of benzene rings is 2. The van der Waals surface area contributed by atoms with Gasteiger partial charge >= 0.3 is 17.6 Å². The molecule has 2 aliphatic rings. The lowest BCUT2D eigenvalue weighted by Gasteiger charge is -2.35. The zero-order valence-electron chi connectivity index (χ0n) is 20.2. The monoisotopic (exact) mass is 544 g/mol. The summed E-state index contributed by atoms with van der Waals surface area (Å²) >= 11 is 6.09. The van der Waals surface area contributed by atoms with Gasteiger partial charge in [0.1, 0.15) is 5.82 Å². The highest BCUT2D eigenvalue weighted by Crippen LogP contribution is 2.34. The molecule has 0 amide bonds. The van der Waals surface area contributed by atoms with Crippen LogP contribution in [0.5, 0.6) is 0 Å². The molecule has 1 aromatic heterocycles. The minimum Gasteiger partial charge on any atom is -0.478 e. The van der Waals surface area contributed by atoms with Crippen molar-refractivity contribution in [2.75, 3.05) is 24.5 Å². The maximum absolute atomic E-state index is 13.6. The van der Waals surface area contributed by atoms with Crippen LogP contribution in [-0.2, 0) is 16.1 Å². The number of likely N-dealkylation sites (tertiary alicyclic amines) is 1. The van der Waals surface area contributed by atoms with Gasteiger partial charge in [0, 0.05) is 56.1 Å². The molecule has 2 aliphatic heterocycles. The number of piperazine rings is 1. The van der Waals surface area contributed by atoms with E-state index in [4.69, 9.17) is 21.8 Å². The van der Waals surface area contributed by atoms with Crippen LogP contribution in [0.4, 0.5) is 10.1 Å². The molecule has 3 aromatic rings. The van der Waals surface area contributed by atoms with E-state index in [2.05, 4.69) is 14.8 Å². The fourth-order valence-electron chi connectivity index (χ4n) is 5.01. The number of para-hydroxylation sites is 1. The number of anilines is 1. The lowest BCUT2D eigenvalue weighted by Crippen LogP contribution is -2.47. The van der Waals surface area contributed by atoms with E-state index >= 15 is 0 Å². The molecule has 0 radical (unpaired) electrons. The number of carbonyl (C=O) groups is 2. The third-order valence-electron chi connectivity index (χ3n) is 6.66. The van der Waals surface area contributed by atoms with Crippen molar-refractivity contribution in [3.8, 4) is 0 Å². The normalized spacial score (nSPS) is 18.6. The molecular weight excluding hydrogens is 519 g/mol. The second-order valence-electron chi connectivity index (χ2n) is 9.08. The quantitative estimate of drug-likeness (QED) is 0.386. The van der Waals surface area contributed by atoms with E-state index in [0.717, 1.165) is 31.7 Å². The Labute approximate surface area is 221 Å². The van der Waals surface area contributed by atoms with Crippen LogP contribution in [-0.4, -0.2) is 68.3 Å². The number of H-pyrrole nitrogens is 1. The van der Waals surface area contributed by atoms with Crippen LogP contribution in [0.1, 0.15) is 12.8 Å². The molecule has 12 heteroatoms. The third-order valence-corrected chi connectivity index (χ3v) is 6.97. The van der Waals surface area contributed by atoms with Crippen molar-refractivity contribution in [3.63, 3.8) is 0 Å². The second kappa shape index (κ2) is 11.6. The van der Waals surface area contributed by atoms with Crippen molar-refractivity contribution in [2.24, 2.45) is 0 Å². The average molecular weight is 545 g/mol. The summed E-state index contributed by atoms with van der Waals surface area (Å²) < 4.78 is 14.8. The minimum atomic E-state index is -1.26. The Bertz CT molecular complexity index is 1490. The smallest absolute Gasteiger partial charge is 0.328 e. The summed E-state index contributed by atoms with van der Waals surface area (Å²) in [6.07, 6.45) is 2.88. The van der Waals surface area contributed by atoms with Gasteiger partial charge in [-0.2, -0.15) is 0 Å². The number of halogens is 2. The van der Waals surface area contributed by atoms with Crippen LogP contribution in [0, 0.1) is 5.82 Å². The first-order valence-electron chi connectivity index (χ1n) is 12.0. The van der Waals surface area contributed by atoms with Gasteiger partial charge in [-0.25, -0.2) is 18.8 Å². The molecule has 38 heavy (non-hydrogen) atoms. The van der Waals surface area contributed by atoms with Crippen LogP contribution in [0.2, 0.25) is 5.02 Å². The zero-order chi connectivity index (χ0) is 27.4. The molecule has 5 rings (SSSR count). The molecule has 2 saturated heterocycles. The van der Waals surface area contributed by atoms with E-state index in [-0.39, 0.29) is 11.4 Å².